The topological polar surface area (TPSA) is 88.8 Å². The van der Waals surface area contributed by atoms with E-state index in [4.69, 9.17) is 9.47 Å². The maximum absolute atomic E-state index is 5.56. The Bertz CT molecular complexity index is 1010. The first kappa shape index (κ1) is 22.8. The third kappa shape index (κ3) is 5.88. The summed E-state index contributed by atoms with van der Waals surface area (Å²) in [6.45, 7) is 4.48. The van der Waals surface area contributed by atoms with Gasteiger partial charge < -0.3 is 20.1 Å². The lowest BCUT2D eigenvalue weighted by Gasteiger charge is -2.35. The van der Waals surface area contributed by atoms with Gasteiger partial charge in [0.25, 0.3) is 0 Å². The zero-order valence-corrected chi connectivity index (χ0v) is 19.1. The van der Waals surface area contributed by atoms with E-state index >= 15 is 0 Å². The lowest BCUT2D eigenvalue weighted by Crippen LogP contribution is -2.46. The Morgan fingerprint density at radius 3 is 2.55 bits per heavy atom. The molecule has 2 N–H and O–H groups in total. The molecule has 0 spiro atoms. The molecule has 1 aliphatic rings. The molecule has 0 aliphatic carbocycles. The number of para-hydroxylation sites is 1. The molecular formula is C24H31N7O2. The maximum Gasteiger partial charge on any atom is 0.191 e. The van der Waals surface area contributed by atoms with Crippen molar-refractivity contribution in [3.05, 3.63) is 72.3 Å². The minimum Gasteiger partial charge on any atom is -0.497 e. The van der Waals surface area contributed by atoms with Crippen LogP contribution in [0.3, 0.4) is 0 Å². The Balaban J connectivity index is 1.41. The average molecular weight is 450 g/mol. The molecule has 9 nitrogen and oxygen atoms in total. The van der Waals surface area contributed by atoms with Crippen LogP contribution in [0.15, 0.2) is 65.9 Å². The van der Waals surface area contributed by atoms with E-state index in [1.807, 2.05) is 47.0 Å². The normalized spacial score (nSPS) is 15.8. The van der Waals surface area contributed by atoms with Gasteiger partial charge in [0, 0.05) is 32.4 Å². The fourth-order valence-electron chi connectivity index (χ4n) is 3.93. The van der Waals surface area contributed by atoms with E-state index in [1.165, 1.54) is 5.56 Å². The van der Waals surface area contributed by atoms with Crippen LogP contribution >= 0.6 is 0 Å². The summed E-state index contributed by atoms with van der Waals surface area (Å²) < 4.78 is 12.9. The van der Waals surface area contributed by atoms with E-state index in [9.17, 15) is 0 Å². The molecule has 1 saturated heterocycles. The van der Waals surface area contributed by atoms with Crippen LogP contribution in [-0.4, -0.2) is 72.6 Å². The molecule has 1 fully saturated rings. The van der Waals surface area contributed by atoms with Gasteiger partial charge in [0.2, 0.25) is 0 Å². The summed E-state index contributed by atoms with van der Waals surface area (Å²) in [7, 11) is 3.46. The Morgan fingerprint density at radius 2 is 1.85 bits per heavy atom. The number of rotatable bonds is 8. The van der Waals surface area contributed by atoms with Crippen molar-refractivity contribution in [2.24, 2.45) is 4.99 Å². The average Bonchev–Trinajstić information content (AvgIpc) is 3.36. The molecule has 9 heteroatoms. The highest BCUT2D eigenvalue weighted by molar-refractivity contribution is 5.79. The number of methoxy groups -OCH3 is 1. The molecule has 1 unspecified atom stereocenters. The van der Waals surface area contributed by atoms with Crippen LogP contribution in [0.25, 0.3) is 5.69 Å². The van der Waals surface area contributed by atoms with Crippen molar-refractivity contribution in [3.8, 4) is 11.4 Å². The van der Waals surface area contributed by atoms with Crippen molar-refractivity contribution < 1.29 is 9.47 Å². The van der Waals surface area contributed by atoms with Crippen LogP contribution in [0.5, 0.6) is 5.75 Å². The quantitative estimate of drug-likeness (QED) is 0.402. The number of aliphatic imine (C=N–C) groups is 1. The summed E-state index contributed by atoms with van der Waals surface area (Å²) in [4.78, 5) is 6.84. The molecule has 1 atom stereocenters. The van der Waals surface area contributed by atoms with Crippen molar-refractivity contribution in [1.29, 1.82) is 0 Å². The van der Waals surface area contributed by atoms with Crippen LogP contribution in [-0.2, 0) is 11.3 Å². The van der Waals surface area contributed by atoms with Gasteiger partial charge in [-0.1, -0.05) is 30.3 Å². The third-order valence-electron chi connectivity index (χ3n) is 5.74. The zero-order valence-electron chi connectivity index (χ0n) is 19.1. The zero-order chi connectivity index (χ0) is 22.9. The van der Waals surface area contributed by atoms with Gasteiger partial charge in [-0.3, -0.25) is 14.5 Å². The van der Waals surface area contributed by atoms with Crippen LogP contribution in [0, 0.1) is 0 Å². The molecule has 33 heavy (non-hydrogen) atoms. The van der Waals surface area contributed by atoms with Gasteiger partial charge in [0.15, 0.2) is 11.8 Å². The number of aromatic nitrogens is 3. The summed E-state index contributed by atoms with van der Waals surface area (Å²) in [6.07, 6.45) is 1.72. The lowest BCUT2D eigenvalue weighted by molar-refractivity contribution is 0.0170. The van der Waals surface area contributed by atoms with E-state index < -0.39 is 0 Å². The third-order valence-corrected chi connectivity index (χ3v) is 5.74. The number of morpholine rings is 1. The molecular weight excluding hydrogens is 418 g/mol. The Labute approximate surface area is 194 Å². The molecule has 3 aromatic rings. The van der Waals surface area contributed by atoms with Crippen molar-refractivity contribution >= 4 is 5.96 Å². The molecule has 174 valence electrons. The standard InChI is InChI=1S/C24H31N7O2/c1-25-24(27-17-23-29-28-18-31(23)20-6-4-3-5-7-20)26-16-22(30-12-14-33-15-13-30)19-8-10-21(32-2)11-9-19/h3-11,18,22H,12-17H2,1-2H3,(H2,25,26,27). The highest BCUT2D eigenvalue weighted by Crippen LogP contribution is 2.23. The fourth-order valence-corrected chi connectivity index (χ4v) is 3.93. The predicted molar refractivity (Wildman–Crippen MR) is 128 cm³/mol. The molecule has 0 radical (unpaired) electrons. The molecule has 0 amide bonds. The first-order chi connectivity index (χ1) is 16.3. The van der Waals surface area contributed by atoms with Crippen LogP contribution in [0.1, 0.15) is 17.4 Å². The number of ether oxygens (including phenoxy) is 2. The number of nitrogens with zero attached hydrogens (tertiary/aromatic N) is 5. The molecule has 1 aromatic heterocycles. The maximum atomic E-state index is 5.56. The minimum atomic E-state index is 0.186. The first-order valence-corrected chi connectivity index (χ1v) is 11.1. The molecule has 2 aromatic carbocycles. The van der Waals surface area contributed by atoms with Crippen LogP contribution in [0.4, 0.5) is 0 Å². The monoisotopic (exact) mass is 449 g/mol. The van der Waals surface area contributed by atoms with E-state index in [-0.39, 0.29) is 6.04 Å². The predicted octanol–water partition coefficient (Wildman–Crippen LogP) is 2.01. The Hall–Kier alpha value is -3.43. The van der Waals surface area contributed by atoms with E-state index in [0.717, 1.165) is 43.6 Å². The number of hydrogen-bond acceptors (Lipinski definition) is 6. The highest BCUT2D eigenvalue weighted by atomic mass is 16.5. The number of nitrogens with one attached hydrogen (secondary N) is 2. The van der Waals surface area contributed by atoms with Crippen molar-refractivity contribution in [2.75, 3.05) is 47.0 Å². The second-order valence-electron chi connectivity index (χ2n) is 7.70. The van der Waals surface area contributed by atoms with Crippen molar-refractivity contribution in [3.63, 3.8) is 0 Å². The van der Waals surface area contributed by atoms with Gasteiger partial charge in [-0.2, -0.15) is 0 Å². The first-order valence-electron chi connectivity index (χ1n) is 11.1. The number of hydrogen-bond donors (Lipinski definition) is 2. The van der Waals surface area contributed by atoms with E-state index in [1.54, 1.807) is 20.5 Å². The van der Waals surface area contributed by atoms with E-state index in [2.05, 4.69) is 42.9 Å². The lowest BCUT2D eigenvalue weighted by atomic mass is 10.0. The smallest absolute Gasteiger partial charge is 0.191 e. The summed E-state index contributed by atoms with van der Waals surface area (Å²) >= 11 is 0. The second kappa shape index (κ2) is 11.4. The van der Waals surface area contributed by atoms with Crippen LogP contribution in [0.2, 0.25) is 0 Å². The summed E-state index contributed by atoms with van der Waals surface area (Å²) in [5.74, 6) is 2.38. The largest absolute Gasteiger partial charge is 0.497 e. The Morgan fingerprint density at radius 1 is 1.09 bits per heavy atom. The Kier molecular flexibility index (Phi) is 7.89. The summed E-state index contributed by atoms with van der Waals surface area (Å²) in [6, 6.07) is 18.5. The van der Waals surface area contributed by atoms with Gasteiger partial charge >= 0.3 is 0 Å². The number of guanidine groups is 1. The van der Waals surface area contributed by atoms with E-state index in [0.29, 0.717) is 19.0 Å². The molecule has 1 aliphatic heterocycles. The molecule has 2 heterocycles. The van der Waals surface area contributed by atoms with Gasteiger partial charge in [0.05, 0.1) is 32.9 Å². The van der Waals surface area contributed by atoms with Crippen molar-refractivity contribution in [2.45, 2.75) is 12.6 Å². The second-order valence-corrected chi connectivity index (χ2v) is 7.70. The van der Waals surface area contributed by atoms with Crippen LogP contribution < -0.4 is 15.4 Å². The van der Waals surface area contributed by atoms with Gasteiger partial charge in [0.1, 0.15) is 12.1 Å². The highest BCUT2D eigenvalue weighted by Gasteiger charge is 2.23. The molecule has 0 saturated carbocycles. The van der Waals surface area contributed by atoms with Gasteiger partial charge in [-0.25, -0.2) is 0 Å². The summed E-state index contributed by atoms with van der Waals surface area (Å²) in [5, 5.41) is 15.2. The van der Waals surface area contributed by atoms with Crippen molar-refractivity contribution in [1.82, 2.24) is 30.3 Å². The van der Waals surface area contributed by atoms with Gasteiger partial charge in [-0.05, 0) is 29.8 Å². The SMILES string of the molecule is CN=C(NCc1nncn1-c1ccccc1)NCC(c1ccc(OC)cc1)N1CCOCC1. The number of benzene rings is 2. The summed E-state index contributed by atoms with van der Waals surface area (Å²) in [5.41, 5.74) is 2.25. The minimum absolute atomic E-state index is 0.186. The molecule has 4 rings (SSSR count). The fraction of sp³-hybridized carbons (Fsp3) is 0.375. The van der Waals surface area contributed by atoms with Gasteiger partial charge in [-0.15, -0.1) is 10.2 Å². The molecule has 0 bridgehead atoms.